The van der Waals surface area contributed by atoms with Gasteiger partial charge in [-0.2, -0.15) is 5.26 Å². The van der Waals surface area contributed by atoms with Gasteiger partial charge in [-0.3, -0.25) is 0 Å². The molecule has 0 radical (unpaired) electrons. The highest BCUT2D eigenvalue weighted by Gasteiger charge is 2.10. The maximum Gasteiger partial charge on any atom is 0.237 e. The summed E-state index contributed by atoms with van der Waals surface area (Å²) in [6.07, 6.45) is 1.63. The van der Waals surface area contributed by atoms with Gasteiger partial charge in [0.25, 0.3) is 0 Å². The minimum Gasteiger partial charge on any atom is -0.436 e. The number of aryl methyl sites for hydroxylation is 1. The molecule has 0 amide bonds. The molecule has 17 heavy (non-hydrogen) atoms. The van der Waals surface area contributed by atoms with Crippen molar-refractivity contribution in [3.63, 3.8) is 0 Å². The summed E-state index contributed by atoms with van der Waals surface area (Å²) in [4.78, 5) is 4.08. The number of halogens is 1. The third-order valence-electron chi connectivity index (χ3n) is 2.28. The number of nitriles is 1. The number of rotatable bonds is 2. The molecule has 0 aliphatic carbocycles. The highest BCUT2D eigenvalue weighted by molar-refractivity contribution is 9.10. The van der Waals surface area contributed by atoms with E-state index < -0.39 is 0 Å². The maximum atomic E-state index is 9.06. The molecule has 0 saturated carbocycles. The second kappa shape index (κ2) is 4.98. The Morgan fingerprint density at radius 3 is 2.76 bits per heavy atom. The number of para-hydroxylation sites is 1. The molecule has 0 aliphatic rings. The molecule has 84 valence electrons. The Bertz CT molecular complexity index is 590. The van der Waals surface area contributed by atoms with Crippen LogP contribution < -0.4 is 4.74 Å². The number of benzene rings is 1. The first-order valence-electron chi connectivity index (χ1n) is 5.00. The minimum absolute atomic E-state index is 0.333. The molecule has 0 fully saturated rings. The van der Waals surface area contributed by atoms with Crippen LogP contribution in [0.2, 0.25) is 0 Å². The van der Waals surface area contributed by atoms with E-state index in [1.807, 2.05) is 31.2 Å². The third kappa shape index (κ3) is 2.45. The Balaban J connectivity index is 2.41. The van der Waals surface area contributed by atoms with Gasteiger partial charge >= 0.3 is 0 Å². The number of aromatic nitrogens is 1. The van der Waals surface area contributed by atoms with Crippen molar-refractivity contribution >= 4 is 15.9 Å². The lowest BCUT2D eigenvalue weighted by Gasteiger charge is -2.08. The average Bonchev–Trinajstić information content (AvgIpc) is 2.32. The second-order valence-electron chi connectivity index (χ2n) is 3.45. The first kappa shape index (κ1) is 11.6. The van der Waals surface area contributed by atoms with E-state index in [4.69, 9.17) is 10.00 Å². The van der Waals surface area contributed by atoms with Gasteiger partial charge in [0.05, 0.1) is 4.47 Å². The van der Waals surface area contributed by atoms with Crippen LogP contribution in [0.4, 0.5) is 0 Å². The molecule has 0 N–H and O–H groups in total. The van der Waals surface area contributed by atoms with Crippen LogP contribution in [-0.2, 0) is 0 Å². The molecule has 0 unspecified atom stereocenters. The summed E-state index contributed by atoms with van der Waals surface area (Å²) in [7, 11) is 0. The Hall–Kier alpha value is -1.86. The van der Waals surface area contributed by atoms with Gasteiger partial charge in [-0.1, -0.05) is 12.1 Å². The smallest absolute Gasteiger partial charge is 0.237 e. The molecule has 0 bridgehead atoms. The summed E-state index contributed by atoms with van der Waals surface area (Å²) >= 11 is 3.38. The van der Waals surface area contributed by atoms with Gasteiger partial charge in [0.1, 0.15) is 17.4 Å². The van der Waals surface area contributed by atoms with Gasteiger partial charge in [-0.25, -0.2) is 4.98 Å². The summed E-state index contributed by atoms with van der Waals surface area (Å²) in [5.41, 5.74) is 1.31. The summed E-state index contributed by atoms with van der Waals surface area (Å²) < 4.78 is 6.46. The van der Waals surface area contributed by atoms with Gasteiger partial charge in [0.15, 0.2) is 0 Å². The van der Waals surface area contributed by atoms with Crippen molar-refractivity contribution in [2.75, 3.05) is 0 Å². The lowest BCUT2D eigenvalue weighted by molar-refractivity contribution is 0.458. The Labute approximate surface area is 108 Å². The fourth-order valence-electron chi connectivity index (χ4n) is 1.38. The van der Waals surface area contributed by atoms with E-state index in [0.717, 1.165) is 10.0 Å². The minimum atomic E-state index is 0.333. The fraction of sp³-hybridized carbons (Fsp3) is 0.0769. The highest BCUT2D eigenvalue weighted by Crippen LogP contribution is 2.30. The van der Waals surface area contributed by atoms with Crippen LogP contribution in [0.25, 0.3) is 0 Å². The quantitative estimate of drug-likeness (QED) is 0.844. The summed E-state index contributed by atoms with van der Waals surface area (Å²) in [6.45, 7) is 1.85. The maximum absolute atomic E-state index is 9.06. The van der Waals surface area contributed by atoms with Crippen LogP contribution in [0.5, 0.6) is 11.6 Å². The van der Waals surface area contributed by atoms with Crippen molar-refractivity contribution in [1.29, 1.82) is 5.26 Å². The summed E-state index contributed by atoms with van der Waals surface area (Å²) in [5.74, 6) is 0.974. The van der Waals surface area contributed by atoms with Gasteiger partial charge in [0, 0.05) is 6.20 Å². The van der Waals surface area contributed by atoms with Gasteiger partial charge in [-0.05, 0) is 46.6 Å². The van der Waals surface area contributed by atoms with E-state index in [9.17, 15) is 0 Å². The van der Waals surface area contributed by atoms with Gasteiger partial charge in [-0.15, -0.1) is 0 Å². The molecule has 0 atom stereocenters. The molecule has 4 heteroatoms. The van der Waals surface area contributed by atoms with Crippen molar-refractivity contribution < 1.29 is 4.74 Å². The van der Waals surface area contributed by atoms with E-state index in [-0.39, 0.29) is 0 Å². The molecule has 1 aromatic heterocycles. The standard InChI is InChI=1S/C13H9BrN2O/c1-9-6-7-16-13(10(9)8-15)17-12-5-3-2-4-11(12)14/h2-7H,1H3. The van der Waals surface area contributed by atoms with E-state index in [1.54, 1.807) is 12.3 Å². The number of hydrogen-bond donors (Lipinski definition) is 0. The molecule has 0 saturated heterocycles. The van der Waals surface area contributed by atoms with E-state index in [1.165, 1.54) is 0 Å². The molecular weight excluding hydrogens is 280 g/mol. The monoisotopic (exact) mass is 288 g/mol. The molecule has 3 nitrogen and oxygen atoms in total. The Morgan fingerprint density at radius 2 is 2.06 bits per heavy atom. The zero-order chi connectivity index (χ0) is 12.3. The molecule has 0 aliphatic heterocycles. The van der Waals surface area contributed by atoms with E-state index in [2.05, 4.69) is 27.0 Å². The van der Waals surface area contributed by atoms with Crippen LogP contribution in [0, 0.1) is 18.3 Å². The zero-order valence-corrected chi connectivity index (χ0v) is 10.7. The number of hydrogen-bond acceptors (Lipinski definition) is 3. The predicted octanol–water partition coefficient (Wildman–Crippen LogP) is 3.82. The van der Waals surface area contributed by atoms with Gasteiger partial charge in [0.2, 0.25) is 5.88 Å². The SMILES string of the molecule is Cc1ccnc(Oc2ccccc2Br)c1C#N. The van der Waals surface area contributed by atoms with Crippen molar-refractivity contribution in [2.24, 2.45) is 0 Å². The van der Waals surface area contributed by atoms with Crippen molar-refractivity contribution in [3.8, 4) is 17.7 Å². The van der Waals surface area contributed by atoms with Crippen molar-refractivity contribution in [1.82, 2.24) is 4.98 Å². The van der Waals surface area contributed by atoms with E-state index in [0.29, 0.717) is 17.2 Å². The van der Waals surface area contributed by atoms with Crippen LogP contribution in [0.15, 0.2) is 41.0 Å². The number of ether oxygens (including phenoxy) is 1. The van der Waals surface area contributed by atoms with E-state index >= 15 is 0 Å². The van der Waals surface area contributed by atoms with Crippen LogP contribution in [-0.4, -0.2) is 4.98 Å². The molecule has 1 heterocycles. The van der Waals surface area contributed by atoms with Crippen molar-refractivity contribution in [2.45, 2.75) is 6.92 Å². The molecule has 0 spiro atoms. The highest BCUT2D eigenvalue weighted by atomic mass is 79.9. The molecule has 2 rings (SSSR count). The van der Waals surface area contributed by atoms with Gasteiger partial charge < -0.3 is 4.74 Å². The topological polar surface area (TPSA) is 45.9 Å². The first-order chi connectivity index (χ1) is 8.22. The summed E-state index contributed by atoms with van der Waals surface area (Å²) in [5, 5.41) is 9.06. The lowest BCUT2D eigenvalue weighted by Crippen LogP contribution is -1.94. The van der Waals surface area contributed by atoms with Crippen molar-refractivity contribution in [3.05, 3.63) is 52.1 Å². The molecule has 1 aromatic carbocycles. The predicted molar refractivity (Wildman–Crippen MR) is 67.9 cm³/mol. The third-order valence-corrected chi connectivity index (χ3v) is 2.93. The van der Waals surface area contributed by atoms with Crippen LogP contribution >= 0.6 is 15.9 Å². The van der Waals surface area contributed by atoms with Crippen LogP contribution in [0.3, 0.4) is 0 Å². The Kier molecular flexibility index (Phi) is 3.40. The molecule has 2 aromatic rings. The lowest BCUT2D eigenvalue weighted by atomic mass is 10.2. The zero-order valence-electron chi connectivity index (χ0n) is 9.14. The first-order valence-corrected chi connectivity index (χ1v) is 5.80. The second-order valence-corrected chi connectivity index (χ2v) is 4.31. The fourth-order valence-corrected chi connectivity index (χ4v) is 1.74. The molecular formula is C13H9BrN2O. The number of nitrogens with zero attached hydrogens (tertiary/aromatic N) is 2. The summed E-state index contributed by atoms with van der Waals surface area (Å²) in [6, 6.07) is 11.3. The largest absolute Gasteiger partial charge is 0.436 e. The Morgan fingerprint density at radius 1 is 1.29 bits per heavy atom. The average molecular weight is 289 g/mol. The van der Waals surface area contributed by atoms with Crippen LogP contribution in [0.1, 0.15) is 11.1 Å². The normalized spacial score (nSPS) is 9.71. The number of pyridine rings is 1.